The minimum absolute atomic E-state index is 0.0287. The van der Waals surface area contributed by atoms with Gasteiger partial charge in [-0.15, -0.1) is 0 Å². The maximum Gasteiger partial charge on any atom is 0.262 e. The van der Waals surface area contributed by atoms with Crippen LogP contribution in [-0.2, 0) is 4.79 Å². The molecule has 0 radical (unpaired) electrons. The van der Waals surface area contributed by atoms with Crippen molar-refractivity contribution < 1.29 is 9.53 Å². The molecule has 0 heterocycles. The number of aryl methyl sites for hydroxylation is 1. The topological polar surface area (TPSA) is 64.3 Å². The van der Waals surface area contributed by atoms with Gasteiger partial charge in [0.05, 0.1) is 0 Å². The van der Waals surface area contributed by atoms with E-state index in [9.17, 15) is 4.79 Å². The molecule has 0 aliphatic carbocycles. The van der Waals surface area contributed by atoms with E-state index >= 15 is 0 Å². The van der Waals surface area contributed by atoms with Crippen LogP contribution >= 0.6 is 0 Å². The number of nitrogen functional groups attached to an aromatic ring is 1. The molecule has 1 amide bonds. The highest BCUT2D eigenvalue weighted by atomic mass is 16.5. The van der Waals surface area contributed by atoms with E-state index < -0.39 is 0 Å². The van der Waals surface area contributed by atoms with Gasteiger partial charge in [-0.2, -0.15) is 0 Å². The van der Waals surface area contributed by atoms with Crippen LogP contribution in [0.4, 0.5) is 11.4 Å². The standard InChI is InChI=1S/C16H18N2O2/c1-11-6-3-4-9-15(11)20-10-16(19)18-14-8-5-7-13(17)12(14)2/h3-9H,10,17H2,1-2H3,(H,18,19). The summed E-state index contributed by atoms with van der Waals surface area (Å²) in [6.07, 6.45) is 0. The molecule has 2 rings (SSSR count). The third-order valence-corrected chi connectivity index (χ3v) is 3.10. The number of nitrogens with two attached hydrogens (primary N) is 1. The summed E-state index contributed by atoms with van der Waals surface area (Å²) in [5.41, 5.74) is 9.02. The number of carbonyl (C=O) groups is 1. The summed E-state index contributed by atoms with van der Waals surface area (Å²) < 4.78 is 5.50. The van der Waals surface area contributed by atoms with Crippen LogP contribution < -0.4 is 15.8 Å². The molecule has 104 valence electrons. The Morgan fingerprint density at radius 3 is 2.65 bits per heavy atom. The minimum Gasteiger partial charge on any atom is -0.483 e. The highest BCUT2D eigenvalue weighted by Crippen LogP contribution is 2.20. The highest BCUT2D eigenvalue weighted by molar-refractivity contribution is 5.93. The van der Waals surface area contributed by atoms with Crippen molar-refractivity contribution in [3.05, 3.63) is 53.6 Å². The number of nitrogens with one attached hydrogen (secondary N) is 1. The molecule has 0 spiro atoms. The SMILES string of the molecule is Cc1ccccc1OCC(=O)Nc1cccc(N)c1C. The van der Waals surface area contributed by atoms with Gasteiger partial charge in [0.25, 0.3) is 5.91 Å². The average molecular weight is 270 g/mol. The van der Waals surface area contributed by atoms with Crippen molar-refractivity contribution >= 4 is 17.3 Å². The van der Waals surface area contributed by atoms with Gasteiger partial charge in [0, 0.05) is 11.4 Å². The van der Waals surface area contributed by atoms with E-state index in [0.29, 0.717) is 17.1 Å². The molecular weight excluding hydrogens is 252 g/mol. The maximum absolute atomic E-state index is 11.9. The first-order valence-electron chi connectivity index (χ1n) is 6.41. The van der Waals surface area contributed by atoms with Gasteiger partial charge in [-0.1, -0.05) is 24.3 Å². The monoisotopic (exact) mass is 270 g/mol. The lowest BCUT2D eigenvalue weighted by Crippen LogP contribution is -2.21. The Kier molecular flexibility index (Phi) is 4.25. The van der Waals surface area contributed by atoms with Crippen LogP contribution in [0.3, 0.4) is 0 Å². The van der Waals surface area contributed by atoms with Crippen molar-refractivity contribution in [3.8, 4) is 5.75 Å². The van der Waals surface area contributed by atoms with Gasteiger partial charge in [0.15, 0.2) is 6.61 Å². The molecule has 20 heavy (non-hydrogen) atoms. The lowest BCUT2D eigenvalue weighted by Gasteiger charge is -2.11. The zero-order valence-electron chi connectivity index (χ0n) is 11.6. The second-order valence-corrected chi connectivity index (χ2v) is 4.62. The number of hydrogen-bond donors (Lipinski definition) is 2. The Balaban J connectivity index is 1.96. The largest absolute Gasteiger partial charge is 0.483 e. The number of benzene rings is 2. The molecule has 0 fully saturated rings. The van der Waals surface area contributed by atoms with Crippen LogP contribution in [0.5, 0.6) is 5.75 Å². The quantitative estimate of drug-likeness (QED) is 0.840. The van der Waals surface area contributed by atoms with Gasteiger partial charge >= 0.3 is 0 Å². The number of hydrogen-bond acceptors (Lipinski definition) is 3. The molecule has 0 aliphatic rings. The van der Waals surface area contributed by atoms with E-state index in [-0.39, 0.29) is 12.5 Å². The Morgan fingerprint density at radius 2 is 1.90 bits per heavy atom. The highest BCUT2D eigenvalue weighted by Gasteiger charge is 2.07. The van der Waals surface area contributed by atoms with E-state index in [4.69, 9.17) is 10.5 Å². The van der Waals surface area contributed by atoms with Gasteiger partial charge in [-0.3, -0.25) is 4.79 Å². The molecule has 0 atom stereocenters. The minimum atomic E-state index is -0.207. The molecule has 0 bridgehead atoms. The number of amides is 1. The molecule has 0 aromatic heterocycles. The third-order valence-electron chi connectivity index (χ3n) is 3.10. The van der Waals surface area contributed by atoms with Crippen molar-refractivity contribution in [1.82, 2.24) is 0 Å². The second kappa shape index (κ2) is 6.10. The number of ether oxygens (including phenoxy) is 1. The lowest BCUT2D eigenvalue weighted by atomic mass is 10.1. The summed E-state index contributed by atoms with van der Waals surface area (Å²) in [5, 5.41) is 2.80. The van der Waals surface area contributed by atoms with Gasteiger partial charge in [-0.25, -0.2) is 0 Å². The van der Waals surface area contributed by atoms with E-state index in [1.165, 1.54) is 0 Å². The van der Waals surface area contributed by atoms with Crippen LogP contribution in [0.15, 0.2) is 42.5 Å². The first-order valence-corrected chi connectivity index (χ1v) is 6.41. The van der Waals surface area contributed by atoms with E-state index in [1.807, 2.05) is 44.2 Å². The van der Waals surface area contributed by atoms with Gasteiger partial charge < -0.3 is 15.8 Å². The van der Waals surface area contributed by atoms with Crippen molar-refractivity contribution in [2.24, 2.45) is 0 Å². The fourth-order valence-electron chi connectivity index (χ4n) is 1.84. The van der Waals surface area contributed by atoms with Crippen molar-refractivity contribution in [1.29, 1.82) is 0 Å². The summed E-state index contributed by atoms with van der Waals surface area (Å²) >= 11 is 0. The molecule has 0 saturated carbocycles. The molecule has 0 unspecified atom stereocenters. The summed E-state index contributed by atoms with van der Waals surface area (Å²) in [4.78, 5) is 11.9. The lowest BCUT2D eigenvalue weighted by molar-refractivity contribution is -0.118. The summed E-state index contributed by atoms with van der Waals surface area (Å²) in [6.45, 7) is 3.78. The molecule has 4 heteroatoms. The molecule has 4 nitrogen and oxygen atoms in total. The number of rotatable bonds is 4. The normalized spacial score (nSPS) is 10.1. The fourth-order valence-corrected chi connectivity index (χ4v) is 1.84. The molecule has 2 aromatic rings. The van der Waals surface area contributed by atoms with Crippen molar-refractivity contribution in [2.45, 2.75) is 13.8 Å². The molecule has 0 saturated heterocycles. The number of anilines is 2. The maximum atomic E-state index is 11.9. The number of para-hydroxylation sites is 1. The van der Waals surface area contributed by atoms with Crippen LogP contribution in [-0.4, -0.2) is 12.5 Å². The van der Waals surface area contributed by atoms with Crippen LogP contribution in [0.1, 0.15) is 11.1 Å². The van der Waals surface area contributed by atoms with Gasteiger partial charge in [-0.05, 0) is 43.2 Å². The predicted octanol–water partition coefficient (Wildman–Crippen LogP) is 2.90. The Bertz CT molecular complexity index is 624. The van der Waals surface area contributed by atoms with E-state index in [0.717, 1.165) is 11.1 Å². The first-order chi connectivity index (χ1) is 9.58. The van der Waals surface area contributed by atoms with Gasteiger partial charge in [0.2, 0.25) is 0 Å². The molecule has 3 N–H and O–H groups in total. The van der Waals surface area contributed by atoms with E-state index in [2.05, 4.69) is 5.32 Å². The zero-order valence-corrected chi connectivity index (χ0v) is 11.6. The summed E-state index contributed by atoms with van der Waals surface area (Å²) in [5.74, 6) is 0.508. The zero-order chi connectivity index (χ0) is 14.5. The average Bonchev–Trinajstić information content (AvgIpc) is 2.43. The Morgan fingerprint density at radius 1 is 1.15 bits per heavy atom. The predicted molar refractivity (Wildman–Crippen MR) is 80.9 cm³/mol. The number of carbonyl (C=O) groups excluding carboxylic acids is 1. The molecule has 0 aliphatic heterocycles. The van der Waals surface area contributed by atoms with E-state index in [1.54, 1.807) is 12.1 Å². The van der Waals surface area contributed by atoms with Crippen LogP contribution in [0.25, 0.3) is 0 Å². The fraction of sp³-hybridized carbons (Fsp3) is 0.188. The van der Waals surface area contributed by atoms with Crippen molar-refractivity contribution in [3.63, 3.8) is 0 Å². The van der Waals surface area contributed by atoms with Gasteiger partial charge in [0.1, 0.15) is 5.75 Å². The molecule has 2 aromatic carbocycles. The summed E-state index contributed by atoms with van der Waals surface area (Å²) in [6, 6.07) is 13.0. The van der Waals surface area contributed by atoms with Crippen molar-refractivity contribution in [2.75, 3.05) is 17.7 Å². The van der Waals surface area contributed by atoms with Crippen LogP contribution in [0, 0.1) is 13.8 Å². The van der Waals surface area contributed by atoms with Crippen LogP contribution in [0.2, 0.25) is 0 Å². The smallest absolute Gasteiger partial charge is 0.262 e. The Hall–Kier alpha value is -2.49. The first kappa shape index (κ1) is 13.9. The summed E-state index contributed by atoms with van der Waals surface area (Å²) in [7, 11) is 0. The Labute approximate surface area is 118 Å². The molecular formula is C16H18N2O2. The second-order valence-electron chi connectivity index (χ2n) is 4.62. The third kappa shape index (κ3) is 3.29.